The van der Waals surface area contributed by atoms with Crippen molar-refractivity contribution in [2.75, 3.05) is 0 Å². The lowest BCUT2D eigenvalue weighted by atomic mass is 10.1. The van der Waals surface area contributed by atoms with Crippen LogP contribution in [0.5, 0.6) is 0 Å². The molecule has 0 N–H and O–H groups in total. The van der Waals surface area contributed by atoms with Gasteiger partial charge in [0.1, 0.15) is 0 Å². The number of hydrogen-bond acceptors (Lipinski definition) is 2. The molecule has 23 heavy (non-hydrogen) atoms. The van der Waals surface area contributed by atoms with Crippen LogP contribution in [0.1, 0.15) is 23.2 Å². The van der Waals surface area contributed by atoms with Gasteiger partial charge in [0.05, 0.1) is 15.7 Å². The highest BCUT2D eigenvalue weighted by atomic mass is 35.5. The highest BCUT2D eigenvalue weighted by Crippen LogP contribution is 2.32. The quantitative estimate of drug-likeness (QED) is 0.653. The molecule has 1 aliphatic carbocycles. The van der Waals surface area contributed by atoms with E-state index >= 15 is 0 Å². The van der Waals surface area contributed by atoms with Gasteiger partial charge in [-0.25, -0.2) is 4.98 Å². The maximum Gasteiger partial charge on any atom is 0.261 e. The van der Waals surface area contributed by atoms with Gasteiger partial charge in [0.25, 0.3) is 5.56 Å². The second-order valence-corrected chi connectivity index (χ2v) is 6.37. The minimum Gasteiger partial charge on any atom is -0.269 e. The van der Waals surface area contributed by atoms with Crippen LogP contribution in [-0.4, -0.2) is 9.38 Å². The SMILES string of the molecule is O=c1c2c(nc3c(Cl)cc(Cl)cn13)/C(=C\c1ccccc1)CC2. The van der Waals surface area contributed by atoms with Crippen molar-refractivity contribution < 1.29 is 0 Å². The molecule has 5 heteroatoms. The van der Waals surface area contributed by atoms with Crippen LogP contribution in [0.4, 0.5) is 0 Å². The molecule has 3 nitrogen and oxygen atoms in total. The van der Waals surface area contributed by atoms with Crippen molar-refractivity contribution >= 4 is 40.5 Å². The molecule has 4 rings (SSSR count). The zero-order valence-corrected chi connectivity index (χ0v) is 13.6. The monoisotopic (exact) mass is 342 g/mol. The Balaban J connectivity index is 1.96. The second kappa shape index (κ2) is 5.52. The fraction of sp³-hybridized carbons (Fsp3) is 0.111. The van der Waals surface area contributed by atoms with E-state index < -0.39 is 0 Å². The molecule has 1 aromatic carbocycles. The minimum atomic E-state index is -0.0918. The van der Waals surface area contributed by atoms with E-state index in [0.717, 1.165) is 28.8 Å². The standard InChI is InChI=1S/C18H12Cl2N2O/c19-13-9-15(20)17-21-16-12(8-11-4-2-1-3-5-11)6-7-14(16)18(23)22(17)10-13/h1-5,8-10H,6-7H2/b12-8-. The van der Waals surface area contributed by atoms with Crippen LogP contribution >= 0.6 is 23.2 Å². The van der Waals surface area contributed by atoms with Gasteiger partial charge < -0.3 is 0 Å². The number of pyridine rings is 1. The van der Waals surface area contributed by atoms with Crippen molar-refractivity contribution in [3.8, 4) is 0 Å². The van der Waals surface area contributed by atoms with E-state index in [1.54, 1.807) is 12.3 Å². The Bertz CT molecular complexity index is 1010. The van der Waals surface area contributed by atoms with Gasteiger partial charge in [-0.3, -0.25) is 9.20 Å². The summed E-state index contributed by atoms with van der Waals surface area (Å²) in [6, 6.07) is 11.6. The molecule has 1 aliphatic rings. The fourth-order valence-electron chi connectivity index (χ4n) is 2.96. The number of allylic oxidation sites excluding steroid dienone is 1. The molecule has 2 heterocycles. The second-order valence-electron chi connectivity index (χ2n) is 5.52. The zero-order chi connectivity index (χ0) is 16.0. The number of halogens is 2. The van der Waals surface area contributed by atoms with E-state index in [0.29, 0.717) is 22.1 Å². The Morgan fingerprint density at radius 2 is 1.91 bits per heavy atom. The highest BCUT2D eigenvalue weighted by Gasteiger charge is 2.23. The van der Waals surface area contributed by atoms with Crippen LogP contribution in [0.2, 0.25) is 10.0 Å². The van der Waals surface area contributed by atoms with Crippen LogP contribution in [0.25, 0.3) is 17.3 Å². The number of rotatable bonds is 1. The lowest BCUT2D eigenvalue weighted by molar-refractivity contribution is 0.971. The summed E-state index contributed by atoms with van der Waals surface area (Å²) in [5.74, 6) is 0. The van der Waals surface area contributed by atoms with Gasteiger partial charge in [-0.15, -0.1) is 0 Å². The van der Waals surface area contributed by atoms with Crippen LogP contribution in [0.15, 0.2) is 47.4 Å². The molecule has 0 aliphatic heterocycles. The van der Waals surface area contributed by atoms with Crippen molar-refractivity contribution in [3.05, 3.63) is 79.8 Å². The Morgan fingerprint density at radius 1 is 1.13 bits per heavy atom. The first-order valence-electron chi connectivity index (χ1n) is 7.30. The molecular weight excluding hydrogens is 331 g/mol. The van der Waals surface area contributed by atoms with Crippen LogP contribution < -0.4 is 5.56 Å². The van der Waals surface area contributed by atoms with E-state index in [2.05, 4.69) is 11.1 Å². The number of benzene rings is 1. The first-order valence-corrected chi connectivity index (χ1v) is 8.05. The molecule has 0 fully saturated rings. The molecule has 114 valence electrons. The maximum absolute atomic E-state index is 12.7. The summed E-state index contributed by atoms with van der Waals surface area (Å²) in [7, 11) is 0. The summed E-state index contributed by atoms with van der Waals surface area (Å²) in [6.07, 6.45) is 5.14. The summed E-state index contributed by atoms with van der Waals surface area (Å²) in [4.78, 5) is 17.3. The molecule has 3 aromatic rings. The lowest BCUT2D eigenvalue weighted by Gasteiger charge is -2.07. The van der Waals surface area contributed by atoms with Gasteiger partial charge in [-0.2, -0.15) is 0 Å². The largest absolute Gasteiger partial charge is 0.269 e. The van der Waals surface area contributed by atoms with E-state index in [-0.39, 0.29) is 5.56 Å². The van der Waals surface area contributed by atoms with Crippen molar-refractivity contribution in [2.24, 2.45) is 0 Å². The topological polar surface area (TPSA) is 34.4 Å². The molecule has 0 atom stereocenters. The number of fused-ring (bicyclic) bond motifs is 2. The molecule has 0 spiro atoms. The van der Waals surface area contributed by atoms with Gasteiger partial charge in [-0.1, -0.05) is 53.5 Å². The summed E-state index contributed by atoms with van der Waals surface area (Å²) >= 11 is 12.2. The van der Waals surface area contributed by atoms with Gasteiger partial charge in [0.2, 0.25) is 0 Å². The Labute approximate surface area is 142 Å². The molecule has 2 aromatic heterocycles. The maximum atomic E-state index is 12.7. The summed E-state index contributed by atoms with van der Waals surface area (Å²) in [5, 5.41) is 0.799. The van der Waals surface area contributed by atoms with E-state index in [1.807, 2.05) is 30.3 Å². The smallest absolute Gasteiger partial charge is 0.261 e. The van der Waals surface area contributed by atoms with E-state index in [1.165, 1.54) is 4.40 Å². The Kier molecular flexibility index (Phi) is 3.47. The molecule has 0 saturated carbocycles. The lowest BCUT2D eigenvalue weighted by Crippen LogP contribution is -2.20. The third-order valence-electron chi connectivity index (χ3n) is 4.03. The first kappa shape index (κ1) is 14.5. The van der Waals surface area contributed by atoms with E-state index in [9.17, 15) is 4.79 Å². The average molecular weight is 343 g/mol. The van der Waals surface area contributed by atoms with Gasteiger partial charge >= 0.3 is 0 Å². The zero-order valence-electron chi connectivity index (χ0n) is 12.1. The predicted octanol–water partition coefficient (Wildman–Crippen LogP) is 4.49. The normalized spacial score (nSPS) is 15.3. The minimum absolute atomic E-state index is 0.0918. The Morgan fingerprint density at radius 3 is 2.70 bits per heavy atom. The third kappa shape index (κ3) is 2.46. The van der Waals surface area contributed by atoms with Crippen LogP contribution in [0.3, 0.4) is 0 Å². The van der Waals surface area contributed by atoms with Crippen molar-refractivity contribution in [1.82, 2.24) is 9.38 Å². The summed E-state index contributed by atoms with van der Waals surface area (Å²) < 4.78 is 1.44. The Hall–Kier alpha value is -2.10. The molecule has 0 bridgehead atoms. The van der Waals surface area contributed by atoms with Gasteiger partial charge in [0, 0.05) is 11.8 Å². The molecule has 0 amide bonds. The van der Waals surface area contributed by atoms with Gasteiger partial charge in [-0.05, 0) is 36.1 Å². The average Bonchev–Trinajstić information content (AvgIpc) is 2.93. The number of hydrogen-bond donors (Lipinski definition) is 0. The van der Waals surface area contributed by atoms with Crippen LogP contribution in [-0.2, 0) is 6.42 Å². The predicted molar refractivity (Wildman–Crippen MR) is 94.1 cm³/mol. The van der Waals surface area contributed by atoms with Crippen molar-refractivity contribution in [1.29, 1.82) is 0 Å². The van der Waals surface area contributed by atoms with Crippen LogP contribution in [0, 0.1) is 0 Å². The van der Waals surface area contributed by atoms with Crippen molar-refractivity contribution in [3.63, 3.8) is 0 Å². The summed E-state index contributed by atoms with van der Waals surface area (Å²) in [6.45, 7) is 0. The van der Waals surface area contributed by atoms with E-state index in [4.69, 9.17) is 23.2 Å². The van der Waals surface area contributed by atoms with Crippen molar-refractivity contribution in [2.45, 2.75) is 12.8 Å². The summed E-state index contributed by atoms with van der Waals surface area (Å²) in [5.41, 5.74) is 3.99. The third-order valence-corrected chi connectivity index (χ3v) is 4.51. The highest BCUT2D eigenvalue weighted by molar-refractivity contribution is 6.36. The number of nitrogens with zero attached hydrogens (tertiary/aromatic N) is 2. The van der Waals surface area contributed by atoms with Gasteiger partial charge in [0.15, 0.2) is 5.65 Å². The fourth-order valence-corrected chi connectivity index (χ4v) is 3.48. The molecule has 0 unspecified atom stereocenters. The molecular formula is C18H12Cl2N2O. The molecule has 0 saturated heterocycles. The first-order chi connectivity index (χ1) is 11.1. The number of aromatic nitrogens is 2. The molecule has 0 radical (unpaired) electrons.